The van der Waals surface area contributed by atoms with Crippen LogP contribution in [-0.4, -0.2) is 41.0 Å². The highest BCUT2D eigenvalue weighted by atomic mass is 35.5. The van der Waals surface area contributed by atoms with Crippen LogP contribution in [0.2, 0.25) is 5.02 Å². The van der Waals surface area contributed by atoms with Crippen LogP contribution in [-0.2, 0) is 16.1 Å². The minimum absolute atomic E-state index is 0.0248. The van der Waals surface area contributed by atoms with Crippen molar-refractivity contribution in [3.63, 3.8) is 0 Å². The molecule has 0 heterocycles. The van der Waals surface area contributed by atoms with Gasteiger partial charge in [0.25, 0.3) is 0 Å². The molecule has 22 heavy (non-hydrogen) atoms. The molecule has 0 aromatic heterocycles. The summed E-state index contributed by atoms with van der Waals surface area (Å²) in [6.45, 7) is 4.26. The van der Waals surface area contributed by atoms with Gasteiger partial charge in [0.2, 0.25) is 11.8 Å². The van der Waals surface area contributed by atoms with Crippen LogP contribution in [0.3, 0.4) is 0 Å². The maximum atomic E-state index is 12.1. The summed E-state index contributed by atoms with van der Waals surface area (Å²) < 4.78 is 0. The summed E-state index contributed by atoms with van der Waals surface area (Å²) in [7, 11) is 0. The molecule has 1 aromatic carbocycles. The Kier molecular flexibility index (Phi) is 7.91. The Morgan fingerprint density at radius 2 is 1.95 bits per heavy atom. The van der Waals surface area contributed by atoms with E-state index in [1.807, 2.05) is 12.1 Å². The molecule has 5 nitrogen and oxygen atoms in total. The summed E-state index contributed by atoms with van der Waals surface area (Å²) in [5.74, 6) is -0.302. The van der Waals surface area contributed by atoms with Crippen LogP contribution in [0.1, 0.15) is 32.3 Å². The molecule has 6 heteroatoms. The minimum Gasteiger partial charge on any atom is -0.396 e. The van der Waals surface area contributed by atoms with E-state index in [4.69, 9.17) is 16.7 Å². The molecule has 2 amide bonds. The van der Waals surface area contributed by atoms with Gasteiger partial charge in [-0.25, -0.2) is 0 Å². The molecule has 0 bridgehead atoms. The Bertz CT molecular complexity index is 491. The quantitative estimate of drug-likeness (QED) is 0.718. The minimum atomic E-state index is -0.568. The van der Waals surface area contributed by atoms with Crippen molar-refractivity contribution in [2.24, 2.45) is 0 Å². The Morgan fingerprint density at radius 1 is 1.32 bits per heavy atom. The zero-order chi connectivity index (χ0) is 16.5. The largest absolute Gasteiger partial charge is 0.396 e. The van der Waals surface area contributed by atoms with Gasteiger partial charge in [-0.3, -0.25) is 9.59 Å². The van der Waals surface area contributed by atoms with Crippen molar-refractivity contribution >= 4 is 23.4 Å². The molecule has 0 aliphatic rings. The first kappa shape index (κ1) is 18.5. The van der Waals surface area contributed by atoms with Gasteiger partial charge in [0, 0.05) is 31.1 Å². The number of rotatable bonds is 8. The van der Waals surface area contributed by atoms with E-state index in [2.05, 4.69) is 5.32 Å². The Hall–Kier alpha value is -1.59. The Labute approximate surface area is 136 Å². The van der Waals surface area contributed by atoms with Gasteiger partial charge in [-0.1, -0.05) is 30.7 Å². The van der Waals surface area contributed by atoms with E-state index in [0.717, 1.165) is 5.56 Å². The molecule has 1 aromatic rings. The van der Waals surface area contributed by atoms with Crippen molar-refractivity contribution in [1.82, 2.24) is 10.2 Å². The number of aliphatic hydroxyl groups excluding tert-OH is 1. The van der Waals surface area contributed by atoms with Gasteiger partial charge in [0.05, 0.1) is 0 Å². The standard InChI is InChI=1S/C16H23ClN2O3/c1-3-15(21)19(11-13-5-7-14(17)8-6-13)12(2)16(22)18-9-4-10-20/h5-8,12,20H,3-4,9-11H2,1-2H3,(H,18,22)/t12-/m1/s1. The van der Waals surface area contributed by atoms with Crippen molar-refractivity contribution < 1.29 is 14.7 Å². The average Bonchev–Trinajstić information content (AvgIpc) is 2.53. The molecule has 0 fully saturated rings. The fourth-order valence-corrected chi connectivity index (χ4v) is 2.14. The molecule has 1 atom stereocenters. The van der Waals surface area contributed by atoms with Crippen LogP contribution in [0.25, 0.3) is 0 Å². The van der Waals surface area contributed by atoms with E-state index in [0.29, 0.717) is 31.0 Å². The number of amides is 2. The smallest absolute Gasteiger partial charge is 0.242 e. The van der Waals surface area contributed by atoms with Crippen LogP contribution >= 0.6 is 11.6 Å². The van der Waals surface area contributed by atoms with Crippen molar-refractivity contribution in [2.75, 3.05) is 13.2 Å². The van der Waals surface area contributed by atoms with Crippen LogP contribution in [0.5, 0.6) is 0 Å². The van der Waals surface area contributed by atoms with Gasteiger partial charge >= 0.3 is 0 Å². The molecule has 0 spiro atoms. The molecule has 0 aliphatic carbocycles. The molecule has 0 aliphatic heterocycles. The Balaban J connectivity index is 2.76. The zero-order valence-corrected chi connectivity index (χ0v) is 13.8. The second kappa shape index (κ2) is 9.43. The number of hydrogen-bond donors (Lipinski definition) is 2. The highest BCUT2D eigenvalue weighted by molar-refractivity contribution is 6.30. The second-order valence-electron chi connectivity index (χ2n) is 5.05. The number of hydrogen-bond acceptors (Lipinski definition) is 3. The van der Waals surface area contributed by atoms with Crippen molar-refractivity contribution in [3.8, 4) is 0 Å². The first-order valence-electron chi connectivity index (χ1n) is 7.42. The molecule has 0 radical (unpaired) electrons. The maximum absolute atomic E-state index is 12.1. The van der Waals surface area contributed by atoms with Crippen LogP contribution < -0.4 is 5.32 Å². The van der Waals surface area contributed by atoms with Gasteiger partial charge in [0.1, 0.15) is 6.04 Å². The van der Waals surface area contributed by atoms with E-state index in [1.165, 1.54) is 0 Å². The zero-order valence-electron chi connectivity index (χ0n) is 13.0. The predicted molar refractivity (Wildman–Crippen MR) is 86.5 cm³/mol. The number of benzene rings is 1. The number of halogens is 1. The summed E-state index contributed by atoms with van der Waals surface area (Å²) in [6, 6.07) is 6.64. The van der Waals surface area contributed by atoms with E-state index < -0.39 is 6.04 Å². The third-order valence-corrected chi connectivity index (χ3v) is 3.62. The van der Waals surface area contributed by atoms with E-state index in [9.17, 15) is 9.59 Å². The highest BCUT2D eigenvalue weighted by Crippen LogP contribution is 2.14. The summed E-state index contributed by atoms with van der Waals surface area (Å²) in [5.41, 5.74) is 0.918. The second-order valence-corrected chi connectivity index (χ2v) is 5.48. The van der Waals surface area contributed by atoms with E-state index in [-0.39, 0.29) is 18.4 Å². The molecule has 2 N–H and O–H groups in total. The van der Waals surface area contributed by atoms with Gasteiger partial charge in [-0.2, -0.15) is 0 Å². The molecule has 0 unspecified atom stereocenters. The van der Waals surface area contributed by atoms with Crippen molar-refractivity contribution in [2.45, 2.75) is 39.3 Å². The lowest BCUT2D eigenvalue weighted by Crippen LogP contribution is -2.47. The number of carbonyl (C=O) groups excluding carboxylic acids is 2. The molecule has 122 valence electrons. The highest BCUT2D eigenvalue weighted by Gasteiger charge is 2.24. The fourth-order valence-electron chi connectivity index (χ4n) is 2.01. The van der Waals surface area contributed by atoms with Crippen molar-refractivity contribution in [1.29, 1.82) is 0 Å². The number of nitrogens with one attached hydrogen (secondary N) is 1. The number of carbonyl (C=O) groups is 2. The lowest BCUT2D eigenvalue weighted by Gasteiger charge is -2.28. The molecule has 0 saturated heterocycles. The molecule has 1 rings (SSSR count). The monoisotopic (exact) mass is 326 g/mol. The SMILES string of the molecule is CCC(=O)N(Cc1ccc(Cl)cc1)[C@H](C)C(=O)NCCCO. The summed E-state index contributed by atoms with van der Waals surface area (Å²) >= 11 is 5.86. The Morgan fingerprint density at radius 3 is 2.50 bits per heavy atom. The summed E-state index contributed by atoms with van der Waals surface area (Å²) in [5, 5.41) is 12.1. The van der Waals surface area contributed by atoms with Gasteiger partial charge < -0.3 is 15.3 Å². The molecular weight excluding hydrogens is 304 g/mol. The van der Waals surface area contributed by atoms with Crippen LogP contribution in [0.15, 0.2) is 24.3 Å². The van der Waals surface area contributed by atoms with E-state index in [1.54, 1.807) is 30.9 Å². The van der Waals surface area contributed by atoms with Crippen molar-refractivity contribution in [3.05, 3.63) is 34.9 Å². The third kappa shape index (κ3) is 5.66. The topological polar surface area (TPSA) is 69.6 Å². The number of nitrogens with zero attached hydrogens (tertiary/aromatic N) is 1. The summed E-state index contributed by atoms with van der Waals surface area (Å²) in [4.78, 5) is 25.8. The van der Waals surface area contributed by atoms with E-state index >= 15 is 0 Å². The first-order chi connectivity index (χ1) is 10.5. The maximum Gasteiger partial charge on any atom is 0.242 e. The predicted octanol–water partition coefficient (Wildman–Crippen LogP) is 1.97. The normalized spacial score (nSPS) is 11.8. The van der Waals surface area contributed by atoms with Gasteiger partial charge in [0.15, 0.2) is 0 Å². The first-order valence-corrected chi connectivity index (χ1v) is 7.79. The fraction of sp³-hybridized carbons (Fsp3) is 0.500. The lowest BCUT2D eigenvalue weighted by atomic mass is 10.1. The molecular formula is C16H23ClN2O3. The van der Waals surface area contributed by atoms with Crippen LogP contribution in [0.4, 0.5) is 0 Å². The summed E-state index contributed by atoms with van der Waals surface area (Å²) in [6.07, 6.45) is 0.833. The van der Waals surface area contributed by atoms with Gasteiger partial charge in [-0.05, 0) is 31.0 Å². The molecule has 0 saturated carbocycles. The van der Waals surface area contributed by atoms with Gasteiger partial charge in [-0.15, -0.1) is 0 Å². The average molecular weight is 327 g/mol. The number of aliphatic hydroxyl groups is 1. The lowest BCUT2D eigenvalue weighted by molar-refractivity contribution is -0.140. The van der Waals surface area contributed by atoms with Crippen LogP contribution in [0, 0.1) is 0 Å². The third-order valence-electron chi connectivity index (χ3n) is 3.37.